The van der Waals surface area contributed by atoms with Gasteiger partial charge in [0.05, 0.1) is 0 Å². The molecule has 0 heterocycles. The summed E-state index contributed by atoms with van der Waals surface area (Å²) in [6.07, 6.45) is 2.66. The first-order chi connectivity index (χ1) is 9.03. The van der Waals surface area contributed by atoms with Gasteiger partial charge in [-0.3, -0.25) is 0 Å². The van der Waals surface area contributed by atoms with Crippen LogP contribution in [0, 0.1) is 5.82 Å². The van der Waals surface area contributed by atoms with Gasteiger partial charge < -0.3 is 5.32 Å². The van der Waals surface area contributed by atoms with E-state index >= 15 is 0 Å². The molecule has 0 spiro atoms. The smallest absolute Gasteiger partial charge is 0.243 e. The maximum atomic E-state index is 13.7. The lowest BCUT2D eigenvalue weighted by Gasteiger charge is -2.09. The minimum atomic E-state index is -3.73. The molecule has 4 nitrogen and oxygen atoms in total. The minimum Gasteiger partial charge on any atom is -0.313 e. The first-order valence-electron chi connectivity index (χ1n) is 6.54. The summed E-state index contributed by atoms with van der Waals surface area (Å²) in [5.41, 5.74) is 0.769. The summed E-state index contributed by atoms with van der Waals surface area (Å²) in [5, 5.41) is 3.16. The third-order valence-electron chi connectivity index (χ3n) is 2.94. The van der Waals surface area contributed by atoms with Crippen LogP contribution in [0.3, 0.4) is 0 Å². The van der Waals surface area contributed by atoms with E-state index in [2.05, 4.69) is 10.0 Å². The molecule has 1 aliphatic rings. The van der Waals surface area contributed by atoms with Crippen molar-refractivity contribution in [3.8, 4) is 0 Å². The van der Waals surface area contributed by atoms with Crippen LogP contribution in [0.1, 0.15) is 31.7 Å². The number of sulfonamides is 1. The van der Waals surface area contributed by atoms with Crippen molar-refractivity contribution in [2.24, 2.45) is 0 Å². The molecule has 1 aromatic carbocycles. The van der Waals surface area contributed by atoms with Gasteiger partial charge >= 0.3 is 0 Å². The van der Waals surface area contributed by atoms with Gasteiger partial charge in [0, 0.05) is 12.6 Å². The van der Waals surface area contributed by atoms with Crippen LogP contribution in [0.25, 0.3) is 0 Å². The molecule has 0 atom stereocenters. The SMILES string of the molecule is CCCNCc1ccc(F)c(S(=O)(=O)NC2CC2)c1. The normalized spacial score (nSPS) is 15.7. The average Bonchev–Trinajstić information content (AvgIpc) is 3.14. The Balaban J connectivity index is 2.16. The number of nitrogens with one attached hydrogen (secondary N) is 2. The monoisotopic (exact) mass is 286 g/mol. The van der Waals surface area contributed by atoms with Crippen molar-refractivity contribution >= 4 is 10.0 Å². The van der Waals surface area contributed by atoms with E-state index in [0.29, 0.717) is 6.54 Å². The predicted molar refractivity (Wildman–Crippen MR) is 71.7 cm³/mol. The van der Waals surface area contributed by atoms with Crippen molar-refractivity contribution in [2.45, 2.75) is 43.7 Å². The Morgan fingerprint density at radius 1 is 1.37 bits per heavy atom. The van der Waals surface area contributed by atoms with Crippen LogP contribution in [-0.4, -0.2) is 21.0 Å². The molecule has 19 heavy (non-hydrogen) atoms. The van der Waals surface area contributed by atoms with Crippen LogP contribution >= 0.6 is 0 Å². The van der Waals surface area contributed by atoms with Gasteiger partial charge in [0.2, 0.25) is 10.0 Å². The summed E-state index contributed by atoms with van der Waals surface area (Å²) in [5.74, 6) is -0.701. The molecule has 0 aromatic heterocycles. The molecule has 1 saturated carbocycles. The molecule has 2 N–H and O–H groups in total. The maximum absolute atomic E-state index is 13.7. The summed E-state index contributed by atoms with van der Waals surface area (Å²) < 4.78 is 40.2. The van der Waals surface area contributed by atoms with E-state index in [0.717, 1.165) is 31.4 Å². The van der Waals surface area contributed by atoms with Gasteiger partial charge in [-0.15, -0.1) is 0 Å². The standard InChI is InChI=1S/C13H19FN2O2S/c1-2-7-15-9-10-3-6-12(14)13(8-10)19(17,18)16-11-4-5-11/h3,6,8,11,15-16H,2,4-5,7,9H2,1H3. The Hall–Kier alpha value is -0.980. The summed E-state index contributed by atoms with van der Waals surface area (Å²) in [4.78, 5) is -0.254. The Bertz CT molecular complexity index is 542. The molecule has 1 fully saturated rings. The van der Waals surface area contributed by atoms with Gasteiger partial charge in [0.15, 0.2) is 0 Å². The molecule has 1 aliphatic carbocycles. The van der Waals surface area contributed by atoms with E-state index < -0.39 is 15.8 Å². The molecule has 106 valence electrons. The van der Waals surface area contributed by atoms with Crippen molar-refractivity contribution in [3.05, 3.63) is 29.6 Å². The van der Waals surface area contributed by atoms with Gasteiger partial charge in [0.25, 0.3) is 0 Å². The molecule has 0 radical (unpaired) electrons. The minimum absolute atomic E-state index is 0.0220. The highest BCUT2D eigenvalue weighted by atomic mass is 32.2. The van der Waals surface area contributed by atoms with E-state index in [1.807, 2.05) is 6.92 Å². The first kappa shape index (κ1) is 14.4. The summed E-state index contributed by atoms with van der Waals surface area (Å²) >= 11 is 0. The molecular formula is C13H19FN2O2S. The quantitative estimate of drug-likeness (QED) is 0.751. The molecule has 1 aromatic rings. The van der Waals surface area contributed by atoms with Crippen LogP contribution in [0.4, 0.5) is 4.39 Å². The third-order valence-corrected chi connectivity index (χ3v) is 4.48. The van der Waals surface area contributed by atoms with E-state index in [-0.39, 0.29) is 10.9 Å². The molecule has 2 rings (SSSR count). The van der Waals surface area contributed by atoms with Gasteiger partial charge in [-0.05, 0) is 43.5 Å². The van der Waals surface area contributed by atoms with Crippen molar-refractivity contribution < 1.29 is 12.8 Å². The fourth-order valence-corrected chi connectivity index (χ4v) is 3.19. The van der Waals surface area contributed by atoms with E-state index in [4.69, 9.17) is 0 Å². The zero-order valence-corrected chi connectivity index (χ0v) is 11.8. The Kier molecular flexibility index (Phi) is 4.54. The summed E-state index contributed by atoms with van der Waals surface area (Å²) in [6.45, 7) is 3.44. The lowest BCUT2D eigenvalue weighted by atomic mass is 10.2. The zero-order valence-electron chi connectivity index (χ0n) is 10.9. The Morgan fingerprint density at radius 3 is 2.74 bits per heavy atom. The van der Waals surface area contributed by atoms with Gasteiger partial charge in [-0.25, -0.2) is 17.5 Å². The van der Waals surface area contributed by atoms with Crippen molar-refractivity contribution in [2.75, 3.05) is 6.54 Å². The van der Waals surface area contributed by atoms with Crippen LogP contribution in [0.15, 0.2) is 23.1 Å². The molecule has 0 saturated heterocycles. The maximum Gasteiger partial charge on any atom is 0.243 e. The number of benzene rings is 1. The van der Waals surface area contributed by atoms with Gasteiger partial charge in [-0.1, -0.05) is 13.0 Å². The Morgan fingerprint density at radius 2 is 2.11 bits per heavy atom. The van der Waals surface area contributed by atoms with Gasteiger partial charge in [0.1, 0.15) is 10.7 Å². The largest absolute Gasteiger partial charge is 0.313 e. The highest BCUT2D eigenvalue weighted by Crippen LogP contribution is 2.23. The second-order valence-electron chi connectivity index (χ2n) is 4.84. The molecule has 0 amide bonds. The fourth-order valence-electron chi connectivity index (χ4n) is 1.76. The lowest BCUT2D eigenvalue weighted by molar-refractivity contribution is 0.555. The number of halogens is 1. The van der Waals surface area contributed by atoms with Crippen LogP contribution in [0.2, 0.25) is 0 Å². The average molecular weight is 286 g/mol. The van der Waals surface area contributed by atoms with E-state index in [1.54, 1.807) is 6.07 Å². The highest BCUT2D eigenvalue weighted by molar-refractivity contribution is 7.89. The van der Waals surface area contributed by atoms with Crippen molar-refractivity contribution in [1.82, 2.24) is 10.0 Å². The molecule has 6 heteroatoms. The number of hydrogen-bond acceptors (Lipinski definition) is 3. The zero-order chi connectivity index (χ0) is 13.9. The molecule has 0 unspecified atom stereocenters. The second-order valence-corrected chi connectivity index (χ2v) is 6.52. The fraction of sp³-hybridized carbons (Fsp3) is 0.538. The summed E-state index contributed by atoms with van der Waals surface area (Å²) in [7, 11) is -3.73. The summed E-state index contributed by atoms with van der Waals surface area (Å²) in [6, 6.07) is 4.20. The third kappa shape index (κ3) is 3.99. The van der Waals surface area contributed by atoms with Crippen LogP contribution in [0.5, 0.6) is 0 Å². The molecular weight excluding hydrogens is 267 g/mol. The van der Waals surface area contributed by atoms with E-state index in [9.17, 15) is 12.8 Å². The lowest BCUT2D eigenvalue weighted by Crippen LogP contribution is -2.27. The molecule has 0 aliphatic heterocycles. The first-order valence-corrected chi connectivity index (χ1v) is 8.02. The van der Waals surface area contributed by atoms with Crippen molar-refractivity contribution in [3.63, 3.8) is 0 Å². The number of rotatable bonds is 7. The van der Waals surface area contributed by atoms with E-state index in [1.165, 1.54) is 12.1 Å². The highest BCUT2D eigenvalue weighted by Gasteiger charge is 2.29. The topological polar surface area (TPSA) is 58.2 Å². The second kappa shape index (κ2) is 5.98. The number of hydrogen-bond donors (Lipinski definition) is 2. The molecule has 0 bridgehead atoms. The predicted octanol–water partition coefficient (Wildman–Crippen LogP) is 1.77. The van der Waals surface area contributed by atoms with Gasteiger partial charge in [-0.2, -0.15) is 0 Å². The Labute approximate surface area is 113 Å². The van der Waals surface area contributed by atoms with Crippen LogP contribution < -0.4 is 10.0 Å². The van der Waals surface area contributed by atoms with Crippen LogP contribution in [-0.2, 0) is 16.6 Å². The van der Waals surface area contributed by atoms with Crippen molar-refractivity contribution in [1.29, 1.82) is 0 Å².